The summed E-state index contributed by atoms with van der Waals surface area (Å²) >= 11 is 1.88. The van der Waals surface area contributed by atoms with Crippen molar-refractivity contribution in [2.45, 2.75) is 24.8 Å². The third-order valence-electron chi connectivity index (χ3n) is 3.73. The van der Waals surface area contributed by atoms with E-state index in [0.29, 0.717) is 0 Å². The van der Waals surface area contributed by atoms with Gasteiger partial charge in [-0.2, -0.15) is 11.8 Å². The molecule has 1 N–H and O–H groups in total. The number of carbonyl (C=O) groups is 1. The molecule has 2 fully saturated rings. The minimum atomic E-state index is -0.357. The zero-order valence-electron chi connectivity index (χ0n) is 10.5. The van der Waals surface area contributed by atoms with Crippen molar-refractivity contribution in [3.05, 3.63) is 0 Å². The Kier molecular flexibility index (Phi) is 4.70. The number of carbonyl (C=O) groups excluding carboxylic acids is 1. The summed E-state index contributed by atoms with van der Waals surface area (Å²) in [5.41, 5.74) is -0.357. The van der Waals surface area contributed by atoms with Gasteiger partial charge < -0.3 is 10.1 Å². The molecule has 2 heterocycles. The van der Waals surface area contributed by atoms with E-state index in [0.717, 1.165) is 51.2 Å². The first-order chi connectivity index (χ1) is 8.29. The smallest absolute Gasteiger partial charge is 0.327 e. The third-order valence-corrected chi connectivity index (χ3v) is 4.99. The van der Waals surface area contributed by atoms with Crippen LogP contribution in [0.5, 0.6) is 0 Å². The fourth-order valence-corrected chi connectivity index (χ4v) is 4.06. The molecule has 0 aromatic heterocycles. The Morgan fingerprint density at radius 1 is 1.35 bits per heavy atom. The van der Waals surface area contributed by atoms with Crippen LogP contribution in [0.2, 0.25) is 0 Å². The number of ether oxygens (including phenoxy) is 1. The topological polar surface area (TPSA) is 41.6 Å². The molecule has 2 saturated heterocycles. The summed E-state index contributed by atoms with van der Waals surface area (Å²) in [6.45, 7) is 3.99. The van der Waals surface area contributed by atoms with Gasteiger partial charge in [0.2, 0.25) is 0 Å². The largest absolute Gasteiger partial charge is 0.468 e. The van der Waals surface area contributed by atoms with E-state index in [1.165, 1.54) is 12.9 Å². The molecule has 1 atom stereocenters. The SMILES string of the molecule is COC(=O)C1(N2CCCNCC2)CCCSC1. The molecule has 0 amide bonds. The second kappa shape index (κ2) is 6.07. The van der Waals surface area contributed by atoms with E-state index in [-0.39, 0.29) is 11.5 Å². The van der Waals surface area contributed by atoms with Gasteiger partial charge in [-0.05, 0) is 31.6 Å². The number of rotatable bonds is 2. The number of hydrogen-bond donors (Lipinski definition) is 1. The van der Waals surface area contributed by atoms with Crippen LogP contribution in [0.4, 0.5) is 0 Å². The van der Waals surface area contributed by atoms with Gasteiger partial charge >= 0.3 is 5.97 Å². The molecular weight excluding hydrogens is 236 g/mol. The van der Waals surface area contributed by atoms with Crippen LogP contribution >= 0.6 is 11.8 Å². The Labute approximate surface area is 107 Å². The second-order valence-corrected chi connectivity index (χ2v) is 5.88. The summed E-state index contributed by atoms with van der Waals surface area (Å²) in [6.07, 6.45) is 3.18. The number of hydrogen-bond acceptors (Lipinski definition) is 5. The van der Waals surface area contributed by atoms with E-state index in [1.807, 2.05) is 11.8 Å². The number of esters is 1. The highest BCUT2D eigenvalue weighted by molar-refractivity contribution is 7.99. The van der Waals surface area contributed by atoms with Crippen LogP contribution in [0.15, 0.2) is 0 Å². The molecule has 4 nitrogen and oxygen atoms in total. The van der Waals surface area contributed by atoms with Gasteiger partial charge in [-0.3, -0.25) is 9.69 Å². The minimum absolute atomic E-state index is 0.0356. The summed E-state index contributed by atoms with van der Waals surface area (Å²) in [5.74, 6) is 2.02. The standard InChI is InChI=1S/C12H22N2O2S/c1-16-11(15)12(4-2-9-17-10-12)14-7-3-5-13-6-8-14/h13H,2-10H2,1H3. The molecule has 0 aliphatic carbocycles. The van der Waals surface area contributed by atoms with Crippen molar-refractivity contribution < 1.29 is 9.53 Å². The van der Waals surface area contributed by atoms with Gasteiger partial charge in [0.25, 0.3) is 0 Å². The zero-order valence-corrected chi connectivity index (χ0v) is 11.4. The summed E-state index contributed by atoms with van der Waals surface area (Å²) in [4.78, 5) is 14.6. The van der Waals surface area contributed by atoms with Crippen LogP contribution in [-0.2, 0) is 9.53 Å². The van der Waals surface area contributed by atoms with Gasteiger partial charge in [0, 0.05) is 25.4 Å². The lowest BCUT2D eigenvalue weighted by molar-refractivity contribution is -0.154. The molecular formula is C12H22N2O2S. The van der Waals surface area contributed by atoms with E-state index in [2.05, 4.69) is 10.2 Å². The molecule has 2 rings (SSSR count). The van der Waals surface area contributed by atoms with Crippen LogP contribution in [0.1, 0.15) is 19.3 Å². The highest BCUT2D eigenvalue weighted by Gasteiger charge is 2.46. The van der Waals surface area contributed by atoms with Crippen molar-refractivity contribution in [3.8, 4) is 0 Å². The number of nitrogens with one attached hydrogen (secondary N) is 1. The molecule has 0 aromatic rings. The molecule has 98 valence electrons. The maximum absolute atomic E-state index is 12.2. The average molecular weight is 258 g/mol. The minimum Gasteiger partial charge on any atom is -0.468 e. The average Bonchev–Trinajstić information content (AvgIpc) is 2.67. The van der Waals surface area contributed by atoms with Gasteiger partial charge in [-0.15, -0.1) is 0 Å². The molecule has 5 heteroatoms. The first-order valence-corrected chi connectivity index (χ1v) is 7.57. The molecule has 0 bridgehead atoms. The van der Waals surface area contributed by atoms with E-state index in [4.69, 9.17) is 4.74 Å². The van der Waals surface area contributed by atoms with Crippen LogP contribution in [0.25, 0.3) is 0 Å². The van der Waals surface area contributed by atoms with E-state index >= 15 is 0 Å². The van der Waals surface area contributed by atoms with Crippen LogP contribution < -0.4 is 5.32 Å². The molecule has 0 saturated carbocycles. The lowest BCUT2D eigenvalue weighted by atomic mass is 9.92. The summed E-state index contributed by atoms with van der Waals surface area (Å²) in [7, 11) is 1.51. The van der Waals surface area contributed by atoms with Crippen LogP contribution in [0, 0.1) is 0 Å². The third kappa shape index (κ3) is 2.77. The molecule has 0 spiro atoms. The fourth-order valence-electron chi connectivity index (χ4n) is 2.78. The molecule has 0 radical (unpaired) electrons. The van der Waals surface area contributed by atoms with Gasteiger partial charge in [0.05, 0.1) is 7.11 Å². The van der Waals surface area contributed by atoms with Gasteiger partial charge in [-0.1, -0.05) is 0 Å². The maximum Gasteiger partial charge on any atom is 0.327 e. The van der Waals surface area contributed by atoms with Gasteiger partial charge in [-0.25, -0.2) is 0 Å². The van der Waals surface area contributed by atoms with Crippen molar-refractivity contribution in [2.75, 3.05) is 44.8 Å². The van der Waals surface area contributed by atoms with Crippen LogP contribution in [-0.4, -0.2) is 61.2 Å². The predicted molar refractivity (Wildman–Crippen MR) is 70.4 cm³/mol. The molecule has 2 aliphatic rings. The first-order valence-electron chi connectivity index (χ1n) is 6.41. The fraction of sp³-hybridized carbons (Fsp3) is 0.917. The van der Waals surface area contributed by atoms with Crippen molar-refractivity contribution in [1.82, 2.24) is 10.2 Å². The number of methoxy groups -OCH3 is 1. The van der Waals surface area contributed by atoms with Crippen molar-refractivity contribution >= 4 is 17.7 Å². The molecule has 1 unspecified atom stereocenters. The Balaban J connectivity index is 2.15. The second-order valence-electron chi connectivity index (χ2n) is 4.77. The first kappa shape index (κ1) is 13.2. The van der Waals surface area contributed by atoms with E-state index in [9.17, 15) is 4.79 Å². The molecule has 2 aliphatic heterocycles. The monoisotopic (exact) mass is 258 g/mol. The van der Waals surface area contributed by atoms with Gasteiger partial charge in [0.15, 0.2) is 0 Å². The summed E-state index contributed by atoms with van der Waals surface area (Å²) < 4.78 is 5.07. The number of nitrogens with zero attached hydrogens (tertiary/aromatic N) is 1. The summed E-state index contributed by atoms with van der Waals surface area (Å²) in [6, 6.07) is 0. The van der Waals surface area contributed by atoms with Crippen molar-refractivity contribution in [2.24, 2.45) is 0 Å². The Morgan fingerprint density at radius 2 is 2.24 bits per heavy atom. The van der Waals surface area contributed by atoms with Gasteiger partial charge in [0.1, 0.15) is 5.54 Å². The van der Waals surface area contributed by atoms with Crippen LogP contribution in [0.3, 0.4) is 0 Å². The molecule has 0 aromatic carbocycles. The van der Waals surface area contributed by atoms with E-state index < -0.39 is 0 Å². The highest BCUT2D eigenvalue weighted by Crippen LogP contribution is 2.33. The van der Waals surface area contributed by atoms with E-state index in [1.54, 1.807) is 0 Å². The summed E-state index contributed by atoms with van der Waals surface area (Å²) in [5, 5.41) is 3.39. The maximum atomic E-state index is 12.2. The zero-order chi connectivity index (χ0) is 12.1. The Bertz CT molecular complexity index is 259. The molecule has 17 heavy (non-hydrogen) atoms. The lowest BCUT2D eigenvalue weighted by Crippen LogP contribution is -2.59. The lowest BCUT2D eigenvalue weighted by Gasteiger charge is -2.43. The Hall–Kier alpha value is -0.260. The van der Waals surface area contributed by atoms with Crippen molar-refractivity contribution in [1.29, 1.82) is 0 Å². The van der Waals surface area contributed by atoms with Crippen molar-refractivity contribution in [3.63, 3.8) is 0 Å². The quantitative estimate of drug-likeness (QED) is 0.739. The Morgan fingerprint density at radius 3 is 2.94 bits per heavy atom. The normalized spacial score (nSPS) is 31.8. The number of thioether (sulfide) groups is 1. The highest BCUT2D eigenvalue weighted by atomic mass is 32.2. The predicted octanol–water partition coefficient (Wildman–Crippen LogP) is 0.720.